The SMILES string of the molecule is Nc1ncnc2c1ncn2[C@@H]1O[C@H](CO)[C@@H](O)[C@H]1O.O=S(=O)(O)C(F)(F)F. The highest BCUT2D eigenvalue weighted by Crippen LogP contribution is 2.31. The number of nitrogens with two attached hydrogens (primary N) is 1. The van der Waals surface area contributed by atoms with Crippen LogP contribution < -0.4 is 5.73 Å². The van der Waals surface area contributed by atoms with Crippen molar-refractivity contribution in [1.29, 1.82) is 0 Å². The number of aromatic nitrogens is 4. The first kappa shape index (κ1) is 21.2. The van der Waals surface area contributed by atoms with Crippen molar-refractivity contribution in [3.63, 3.8) is 0 Å². The minimum absolute atomic E-state index is 0.218. The van der Waals surface area contributed by atoms with Gasteiger partial charge in [-0.3, -0.25) is 9.12 Å². The number of aliphatic hydroxyl groups excluding tert-OH is 3. The second kappa shape index (κ2) is 7.49. The number of imidazole rings is 1. The van der Waals surface area contributed by atoms with Crippen molar-refractivity contribution >= 4 is 27.1 Å². The number of hydrogen-bond donors (Lipinski definition) is 5. The topological polar surface area (TPSA) is 194 Å². The lowest BCUT2D eigenvalue weighted by Crippen LogP contribution is -2.33. The van der Waals surface area contributed by atoms with Gasteiger partial charge in [-0.25, -0.2) is 15.0 Å². The first-order valence-corrected chi connectivity index (χ1v) is 8.41. The van der Waals surface area contributed by atoms with Gasteiger partial charge in [0.1, 0.15) is 30.2 Å². The number of anilines is 1. The number of rotatable bonds is 2. The molecule has 0 aliphatic carbocycles. The van der Waals surface area contributed by atoms with Crippen molar-refractivity contribution in [2.24, 2.45) is 0 Å². The number of fused-ring (bicyclic) bond motifs is 1. The molecule has 0 radical (unpaired) electrons. The Kier molecular flexibility index (Phi) is 5.88. The number of hydrogen-bond acceptors (Lipinski definition) is 10. The van der Waals surface area contributed by atoms with Crippen LogP contribution in [0.25, 0.3) is 11.2 Å². The fourth-order valence-corrected chi connectivity index (χ4v) is 2.17. The van der Waals surface area contributed by atoms with Crippen molar-refractivity contribution in [2.45, 2.75) is 30.0 Å². The van der Waals surface area contributed by atoms with Gasteiger partial charge in [0.25, 0.3) is 0 Å². The zero-order chi connectivity index (χ0) is 20.6. The molecule has 0 spiro atoms. The first-order valence-electron chi connectivity index (χ1n) is 6.97. The summed E-state index contributed by atoms with van der Waals surface area (Å²) >= 11 is 0. The molecule has 0 aromatic carbocycles. The number of halogens is 3. The fraction of sp³-hybridized carbons (Fsp3) is 0.545. The van der Waals surface area contributed by atoms with Gasteiger partial charge in [0.2, 0.25) is 0 Å². The molecule has 3 heterocycles. The third kappa shape index (κ3) is 4.25. The maximum absolute atomic E-state index is 10.7. The second-order valence-corrected chi connectivity index (χ2v) is 6.65. The Balaban J connectivity index is 0.000000279. The van der Waals surface area contributed by atoms with E-state index in [2.05, 4.69) is 15.0 Å². The summed E-state index contributed by atoms with van der Waals surface area (Å²) < 4.78 is 64.4. The number of ether oxygens (including phenoxy) is 1. The molecule has 152 valence electrons. The van der Waals surface area contributed by atoms with E-state index in [0.29, 0.717) is 11.2 Å². The van der Waals surface area contributed by atoms with Crippen LogP contribution >= 0.6 is 0 Å². The third-order valence-electron chi connectivity index (χ3n) is 3.47. The average Bonchev–Trinajstić information content (AvgIpc) is 3.10. The summed E-state index contributed by atoms with van der Waals surface area (Å²) in [5.74, 6) is 0.218. The van der Waals surface area contributed by atoms with Crippen LogP contribution in [0.3, 0.4) is 0 Å². The van der Waals surface area contributed by atoms with Gasteiger partial charge in [0, 0.05) is 0 Å². The molecule has 0 unspecified atom stereocenters. The van der Waals surface area contributed by atoms with Crippen LogP contribution in [-0.4, -0.2) is 78.2 Å². The van der Waals surface area contributed by atoms with Gasteiger partial charge >= 0.3 is 15.6 Å². The van der Waals surface area contributed by atoms with Crippen LogP contribution in [0.5, 0.6) is 0 Å². The highest BCUT2D eigenvalue weighted by molar-refractivity contribution is 7.86. The van der Waals surface area contributed by atoms with Gasteiger partial charge in [-0.15, -0.1) is 0 Å². The van der Waals surface area contributed by atoms with Gasteiger partial charge in [-0.2, -0.15) is 21.6 Å². The minimum atomic E-state index is -5.84. The maximum Gasteiger partial charge on any atom is 0.522 e. The van der Waals surface area contributed by atoms with Crippen LogP contribution in [0, 0.1) is 0 Å². The molecule has 3 rings (SSSR count). The molecule has 1 aliphatic heterocycles. The van der Waals surface area contributed by atoms with E-state index in [4.69, 9.17) is 28.5 Å². The molecule has 6 N–H and O–H groups in total. The Labute approximate surface area is 148 Å². The maximum atomic E-state index is 10.7. The largest absolute Gasteiger partial charge is 0.522 e. The molecular weight excluding hydrogens is 403 g/mol. The Bertz CT molecular complexity index is 905. The molecule has 1 aliphatic rings. The van der Waals surface area contributed by atoms with E-state index in [-0.39, 0.29) is 5.82 Å². The molecule has 12 nitrogen and oxygen atoms in total. The van der Waals surface area contributed by atoms with Crippen molar-refractivity contribution in [2.75, 3.05) is 12.3 Å². The quantitative estimate of drug-likeness (QED) is 0.279. The molecule has 0 amide bonds. The monoisotopic (exact) mass is 417 g/mol. The molecule has 16 heteroatoms. The van der Waals surface area contributed by atoms with Crippen molar-refractivity contribution in [3.8, 4) is 0 Å². The molecule has 4 atom stereocenters. The van der Waals surface area contributed by atoms with Crippen molar-refractivity contribution < 1.29 is 46.2 Å². The summed E-state index contributed by atoms with van der Waals surface area (Å²) in [6, 6.07) is 0. The lowest BCUT2D eigenvalue weighted by molar-refractivity contribution is -0.0511. The van der Waals surface area contributed by atoms with Crippen LogP contribution in [-0.2, 0) is 14.9 Å². The normalized spacial score (nSPS) is 26.0. The van der Waals surface area contributed by atoms with E-state index in [0.717, 1.165) is 0 Å². The summed E-state index contributed by atoms with van der Waals surface area (Å²) in [4.78, 5) is 11.9. The Morgan fingerprint density at radius 2 is 1.81 bits per heavy atom. The molecular formula is C11H14F3N5O7S. The van der Waals surface area contributed by atoms with Crippen LogP contribution in [0.1, 0.15) is 6.23 Å². The summed E-state index contributed by atoms with van der Waals surface area (Å²) in [7, 11) is -5.84. The first-order chi connectivity index (χ1) is 12.4. The van der Waals surface area contributed by atoms with Crippen molar-refractivity contribution in [3.05, 3.63) is 12.7 Å². The zero-order valence-electron chi connectivity index (χ0n) is 13.1. The molecule has 2 aromatic heterocycles. The Morgan fingerprint density at radius 3 is 2.30 bits per heavy atom. The lowest BCUT2D eigenvalue weighted by Gasteiger charge is -2.16. The van der Waals surface area contributed by atoms with Crippen molar-refractivity contribution in [1.82, 2.24) is 19.5 Å². The van der Waals surface area contributed by atoms with E-state index in [1.165, 1.54) is 17.2 Å². The minimum Gasteiger partial charge on any atom is -0.394 e. The van der Waals surface area contributed by atoms with Gasteiger partial charge in [-0.1, -0.05) is 0 Å². The van der Waals surface area contributed by atoms with Gasteiger partial charge in [0.15, 0.2) is 17.7 Å². The molecule has 1 saturated heterocycles. The summed E-state index contributed by atoms with van der Waals surface area (Å²) in [6.07, 6.45) is -1.42. The van der Waals surface area contributed by atoms with Gasteiger partial charge in [0.05, 0.1) is 12.9 Å². The Morgan fingerprint density at radius 1 is 1.22 bits per heavy atom. The predicted octanol–water partition coefficient (Wildman–Crippen LogP) is -1.59. The van der Waals surface area contributed by atoms with E-state index < -0.39 is 46.8 Å². The average molecular weight is 417 g/mol. The van der Waals surface area contributed by atoms with E-state index in [9.17, 15) is 23.4 Å². The van der Waals surface area contributed by atoms with E-state index in [1.54, 1.807) is 0 Å². The number of aliphatic hydroxyl groups is 3. The number of nitrogen functional groups attached to an aromatic ring is 1. The van der Waals surface area contributed by atoms with Gasteiger partial charge < -0.3 is 25.8 Å². The highest BCUT2D eigenvalue weighted by Gasteiger charge is 2.45. The third-order valence-corrected chi connectivity index (χ3v) is 4.06. The molecule has 1 fully saturated rings. The van der Waals surface area contributed by atoms with Crippen LogP contribution in [0.2, 0.25) is 0 Å². The van der Waals surface area contributed by atoms with E-state index >= 15 is 0 Å². The molecule has 0 saturated carbocycles. The fourth-order valence-electron chi connectivity index (χ4n) is 2.17. The van der Waals surface area contributed by atoms with Gasteiger partial charge in [-0.05, 0) is 0 Å². The lowest BCUT2D eigenvalue weighted by atomic mass is 10.1. The molecule has 2 aromatic rings. The zero-order valence-corrected chi connectivity index (χ0v) is 13.9. The number of nitrogens with zero attached hydrogens (tertiary/aromatic N) is 4. The summed E-state index contributed by atoms with van der Waals surface area (Å²) in [6.45, 7) is -0.390. The molecule has 27 heavy (non-hydrogen) atoms. The van der Waals surface area contributed by atoms with Crippen LogP contribution in [0.15, 0.2) is 12.7 Å². The van der Waals surface area contributed by atoms with Crippen LogP contribution in [0.4, 0.5) is 19.0 Å². The molecule has 0 bridgehead atoms. The summed E-state index contributed by atoms with van der Waals surface area (Å²) in [5.41, 5.74) is 0.909. The predicted molar refractivity (Wildman–Crippen MR) is 80.3 cm³/mol. The Hall–Kier alpha value is -2.11. The summed E-state index contributed by atoms with van der Waals surface area (Å²) in [5, 5.41) is 28.7. The van der Waals surface area contributed by atoms with E-state index in [1.807, 2.05) is 0 Å². The highest BCUT2D eigenvalue weighted by atomic mass is 32.2. The number of alkyl halides is 3. The standard InChI is InChI=1S/C10H13N5O4.CHF3O3S/c11-8-5-9(13-2-12-8)15(3-14-5)10-7(18)6(17)4(1-16)19-10;2-1(3,4)8(5,6)7/h2-4,6-7,10,16-18H,1H2,(H2,11,12,13);(H,5,6,7)/t4-,6-,7-,10-;/m1./s1. The smallest absolute Gasteiger partial charge is 0.394 e. The second-order valence-electron chi connectivity index (χ2n) is 5.23.